The maximum atomic E-state index is 12.9. The third-order valence-corrected chi connectivity index (χ3v) is 3.92. The Morgan fingerprint density at radius 3 is 2.60 bits per heavy atom. The van der Waals surface area contributed by atoms with Crippen molar-refractivity contribution in [1.29, 1.82) is 0 Å². The van der Waals surface area contributed by atoms with Gasteiger partial charge in [0.25, 0.3) is 0 Å². The molecular formula is C19H17FN4O. The molecule has 1 N–H and O–H groups in total. The minimum Gasteiger partial charge on any atom is -0.439 e. The molecule has 2 heterocycles. The van der Waals surface area contributed by atoms with Crippen LogP contribution in [0.2, 0.25) is 0 Å². The molecule has 1 fully saturated rings. The molecule has 1 aliphatic rings. The molecule has 1 aromatic carbocycles. The molecule has 3 aromatic rings. The highest BCUT2D eigenvalue weighted by molar-refractivity contribution is 5.35. The second-order valence-corrected chi connectivity index (χ2v) is 5.99. The second kappa shape index (κ2) is 6.84. The molecule has 0 bridgehead atoms. The van der Waals surface area contributed by atoms with E-state index < -0.39 is 0 Å². The molecule has 1 aliphatic carbocycles. The summed E-state index contributed by atoms with van der Waals surface area (Å²) in [6.07, 6.45) is 5.90. The summed E-state index contributed by atoms with van der Waals surface area (Å²) < 4.78 is 18.5. The Labute approximate surface area is 144 Å². The molecule has 4 rings (SSSR count). The Balaban J connectivity index is 1.35. The van der Waals surface area contributed by atoms with Crippen LogP contribution in [-0.4, -0.2) is 15.0 Å². The van der Waals surface area contributed by atoms with Gasteiger partial charge in [0.15, 0.2) is 0 Å². The van der Waals surface area contributed by atoms with Crippen LogP contribution in [0.4, 0.5) is 10.2 Å². The zero-order chi connectivity index (χ0) is 17.1. The van der Waals surface area contributed by atoms with E-state index in [1.807, 2.05) is 12.1 Å². The van der Waals surface area contributed by atoms with Crippen LogP contribution in [0, 0.1) is 5.82 Å². The van der Waals surface area contributed by atoms with Crippen LogP contribution in [0.15, 0.2) is 54.9 Å². The lowest BCUT2D eigenvalue weighted by Gasteiger charge is -2.08. The Hall–Kier alpha value is -3.02. The van der Waals surface area contributed by atoms with Gasteiger partial charge < -0.3 is 10.1 Å². The van der Waals surface area contributed by atoms with Crippen molar-refractivity contribution >= 4 is 5.82 Å². The van der Waals surface area contributed by atoms with Crippen molar-refractivity contribution in [3.63, 3.8) is 0 Å². The number of anilines is 1. The fourth-order valence-electron chi connectivity index (χ4n) is 2.40. The van der Waals surface area contributed by atoms with E-state index in [0.29, 0.717) is 24.1 Å². The number of ether oxygens (including phenoxy) is 1. The zero-order valence-corrected chi connectivity index (χ0v) is 13.5. The van der Waals surface area contributed by atoms with Gasteiger partial charge in [-0.15, -0.1) is 0 Å². The number of nitrogens with zero attached hydrogens (tertiary/aromatic N) is 3. The van der Waals surface area contributed by atoms with Gasteiger partial charge in [0.2, 0.25) is 5.88 Å². The van der Waals surface area contributed by atoms with E-state index in [2.05, 4.69) is 20.3 Å². The summed E-state index contributed by atoms with van der Waals surface area (Å²) in [6, 6.07) is 11.4. The van der Waals surface area contributed by atoms with Crippen LogP contribution in [-0.2, 0) is 6.54 Å². The molecule has 5 nitrogen and oxygen atoms in total. The van der Waals surface area contributed by atoms with Crippen LogP contribution in [0.1, 0.15) is 30.1 Å². The van der Waals surface area contributed by atoms with Gasteiger partial charge in [-0.1, -0.05) is 6.07 Å². The van der Waals surface area contributed by atoms with E-state index in [1.165, 1.54) is 25.0 Å². The fourth-order valence-corrected chi connectivity index (χ4v) is 2.40. The standard InChI is InChI=1S/C19H17FN4O/c20-15-4-6-16(7-5-15)25-18-8-1-13(12-23-18)11-22-17-9-10-21-19(24-17)14-2-3-14/h1,4-10,12,14H,2-3,11H2,(H,21,22,24). The van der Waals surface area contributed by atoms with Crippen molar-refractivity contribution in [3.8, 4) is 11.6 Å². The summed E-state index contributed by atoms with van der Waals surface area (Å²) in [4.78, 5) is 13.1. The van der Waals surface area contributed by atoms with Gasteiger partial charge in [-0.25, -0.2) is 19.3 Å². The zero-order valence-electron chi connectivity index (χ0n) is 13.5. The van der Waals surface area contributed by atoms with Crippen molar-refractivity contribution < 1.29 is 9.13 Å². The number of halogens is 1. The fraction of sp³-hybridized carbons (Fsp3) is 0.211. The quantitative estimate of drug-likeness (QED) is 0.727. The minimum atomic E-state index is -0.295. The average molecular weight is 336 g/mol. The first-order valence-electron chi connectivity index (χ1n) is 8.21. The number of nitrogens with one attached hydrogen (secondary N) is 1. The highest BCUT2D eigenvalue weighted by atomic mass is 19.1. The predicted octanol–water partition coefficient (Wildman–Crippen LogP) is 4.29. The Morgan fingerprint density at radius 2 is 1.88 bits per heavy atom. The number of aromatic nitrogens is 3. The maximum absolute atomic E-state index is 12.9. The summed E-state index contributed by atoms with van der Waals surface area (Å²) in [6.45, 7) is 0.616. The first kappa shape index (κ1) is 15.5. The third kappa shape index (κ3) is 4.09. The van der Waals surface area contributed by atoms with Gasteiger partial charge in [0.05, 0.1) is 0 Å². The normalized spacial score (nSPS) is 13.5. The van der Waals surface area contributed by atoms with Crippen molar-refractivity contribution in [3.05, 3.63) is 72.1 Å². The number of pyridine rings is 1. The van der Waals surface area contributed by atoms with Crippen molar-refractivity contribution in [2.75, 3.05) is 5.32 Å². The molecule has 1 saturated carbocycles. The highest BCUT2D eigenvalue weighted by Crippen LogP contribution is 2.38. The monoisotopic (exact) mass is 336 g/mol. The second-order valence-electron chi connectivity index (χ2n) is 5.99. The molecule has 0 aliphatic heterocycles. The average Bonchev–Trinajstić information content (AvgIpc) is 3.49. The largest absolute Gasteiger partial charge is 0.439 e. The molecule has 0 amide bonds. The van der Waals surface area contributed by atoms with Crippen LogP contribution in [0.25, 0.3) is 0 Å². The Bertz CT molecular complexity index is 848. The molecule has 6 heteroatoms. The molecule has 0 unspecified atom stereocenters. The van der Waals surface area contributed by atoms with Gasteiger partial charge in [-0.2, -0.15) is 0 Å². The van der Waals surface area contributed by atoms with Crippen molar-refractivity contribution in [1.82, 2.24) is 15.0 Å². The summed E-state index contributed by atoms with van der Waals surface area (Å²) >= 11 is 0. The van der Waals surface area contributed by atoms with E-state index >= 15 is 0 Å². The van der Waals surface area contributed by atoms with Crippen LogP contribution in [0.3, 0.4) is 0 Å². The number of hydrogen-bond acceptors (Lipinski definition) is 5. The van der Waals surface area contributed by atoms with Gasteiger partial charge in [-0.3, -0.25) is 0 Å². The van der Waals surface area contributed by atoms with E-state index in [4.69, 9.17) is 4.74 Å². The number of hydrogen-bond donors (Lipinski definition) is 1. The lowest BCUT2D eigenvalue weighted by atomic mass is 10.3. The Kier molecular flexibility index (Phi) is 4.24. The molecule has 0 atom stereocenters. The third-order valence-electron chi connectivity index (χ3n) is 3.92. The number of rotatable bonds is 6. The molecule has 126 valence electrons. The first-order chi connectivity index (χ1) is 12.3. The topological polar surface area (TPSA) is 59.9 Å². The van der Waals surface area contributed by atoms with Crippen LogP contribution < -0.4 is 10.1 Å². The molecular weight excluding hydrogens is 319 g/mol. The summed E-state index contributed by atoms with van der Waals surface area (Å²) in [5.74, 6) is 3.00. The van der Waals surface area contributed by atoms with Crippen LogP contribution >= 0.6 is 0 Å². The van der Waals surface area contributed by atoms with E-state index in [9.17, 15) is 4.39 Å². The summed E-state index contributed by atoms with van der Waals surface area (Å²) in [7, 11) is 0. The van der Waals surface area contributed by atoms with E-state index in [-0.39, 0.29) is 5.82 Å². The van der Waals surface area contributed by atoms with Gasteiger partial charge >= 0.3 is 0 Å². The first-order valence-corrected chi connectivity index (χ1v) is 8.21. The van der Waals surface area contributed by atoms with E-state index in [1.54, 1.807) is 30.6 Å². The van der Waals surface area contributed by atoms with Gasteiger partial charge in [0.1, 0.15) is 23.2 Å². The lowest BCUT2D eigenvalue weighted by Crippen LogP contribution is -2.04. The van der Waals surface area contributed by atoms with Crippen molar-refractivity contribution in [2.45, 2.75) is 25.3 Å². The predicted molar refractivity (Wildman–Crippen MR) is 92.0 cm³/mol. The molecule has 0 saturated heterocycles. The summed E-state index contributed by atoms with van der Waals surface area (Å²) in [5.41, 5.74) is 1.01. The molecule has 25 heavy (non-hydrogen) atoms. The molecule has 0 spiro atoms. The molecule has 0 radical (unpaired) electrons. The lowest BCUT2D eigenvalue weighted by molar-refractivity contribution is 0.461. The van der Waals surface area contributed by atoms with Crippen molar-refractivity contribution in [2.24, 2.45) is 0 Å². The molecule has 2 aromatic heterocycles. The Morgan fingerprint density at radius 1 is 1.04 bits per heavy atom. The highest BCUT2D eigenvalue weighted by Gasteiger charge is 2.26. The SMILES string of the molecule is Fc1ccc(Oc2ccc(CNc3ccnc(C4CC4)n3)cn2)cc1. The maximum Gasteiger partial charge on any atom is 0.219 e. The number of benzene rings is 1. The summed E-state index contributed by atoms with van der Waals surface area (Å²) in [5, 5.41) is 3.29. The van der Waals surface area contributed by atoms with Gasteiger partial charge in [-0.05, 0) is 48.7 Å². The van der Waals surface area contributed by atoms with Gasteiger partial charge in [0, 0.05) is 30.9 Å². The van der Waals surface area contributed by atoms with Crippen LogP contribution in [0.5, 0.6) is 11.6 Å². The smallest absolute Gasteiger partial charge is 0.219 e. The minimum absolute atomic E-state index is 0.295. The van der Waals surface area contributed by atoms with E-state index in [0.717, 1.165) is 17.2 Å².